The van der Waals surface area contributed by atoms with Gasteiger partial charge < -0.3 is 10.1 Å². The molecule has 0 aliphatic heterocycles. The first kappa shape index (κ1) is 16.9. The summed E-state index contributed by atoms with van der Waals surface area (Å²) < 4.78 is 5.05. The van der Waals surface area contributed by atoms with Gasteiger partial charge in [0.25, 0.3) is 0 Å². The van der Waals surface area contributed by atoms with Crippen LogP contribution < -0.4 is 5.32 Å². The van der Waals surface area contributed by atoms with E-state index in [1.165, 1.54) is 38.5 Å². The lowest BCUT2D eigenvalue weighted by Crippen LogP contribution is -2.27. The Morgan fingerprint density at radius 3 is 2.29 bits per heavy atom. The summed E-state index contributed by atoms with van der Waals surface area (Å²) in [6, 6.07) is 0. The van der Waals surface area contributed by atoms with Crippen molar-refractivity contribution >= 4 is 0 Å². The number of rotatable bonds is 12. The fraction of sp³-hybridized carbons (Fsp3) is 1.00. The molecular formula is C15H33NO. The molecule has 2 nitrogen and oxygen atoms in total. The molecule has 2 unspecified atom stereocenters. The Balaban J connectivity index is 3.74. The minimum Gasteiger partial charge on any atom is -0.383 e. The zero-order valence-electron chi connectivity index (χ0n) is 12.4. The van der Waals surface area contributed by atoms with Gasteiger partial charge in [-0.15, -0.1) is 0 Å². The Morgan fingerprint density at radius 2 is 1.76 bits per heavy atom. The number of unbranched alkanes of at least 4 members (excludes halogenated alkanes) is 1. The van der Waals surface area contributed by atoms with E-state index in [1.54, 1.807) is 7.11 Å². The number of nitrogens with one attached hydrogen (secondary N) is 1. The van der Waals surface area contributed by atoms with Gasteiger partial charge in [0, 0.05) is 13.7 Å². The van der Waals surface area contributed by atoms with Crippen LogP contribution in [-0.4, -0.2) is 26.8 Å². The summed E-state index contributed by atoms with van der Waals surface area (Å²) in [7, 11) is 1.76. The van der Waals surface area contributed by atoms with E-state index in [-0.39, 0.29) is 0 Å². The number of hydrogen-bond donors (Lipinski definition) is 1. The summed E-state index contributed by atoms with van der Waals surface area (Å²) in [5, 5.41) is 3.50. The average molecular weight is 243 g/mol. The summed E-state index contributed by atoms with van der Waals surface area (Å²) in [5.41, 5.74) is 0. The topological polar surface area (TPSA) is 21.3 Å². The Labute approximate surface area is 109 Å². The molecule has 104 valence electrons. The average Bonchev–Trinajstić information content (AvgIpc) is 2.37. The summed E-state index contributed by atoms with van der Waals surface area (Å²) >= 11 is 0. The van der Waals surface area contributed by atoms with Gasteiger partial charge in [0.05, 0.1) is 6.61 Å². The van der Waals surface area contributed by atoms with Crippen molar-refractivity contribution in [2.45, 2.75) is 59.3 Å². The zero-order valence-corrected chi connectivity index (χ0v) is 12.4. The third-order valence-corrected chi connectivity index (χ3v) is 3.70. The first-order valence-electron chi connectivity index (χ1n) is 7.47. The van der Waals surface area contributed by atoms with Crippen molar-refractivity contribution < 1.29 is 4.74 Å². The lowest BCUT2D eigenvalue weighted by atomic mass is 9.87. The maximum absolute atomic E-state index is 5.05. The van der Waals surface area contributed by atoms with Crippen LogP contribution in [0.1, 0.15) is 59.3 Å². The van der Waals surface area contributed by atoms with Crippen molar-refractivity contribution in [1.82, 2.24) is 5.32 Å². The van der Waals surface area contributed by atoms with Crippen molar-refractivity contribution in [3.05, 3.63) is 0 Å². The molecule has 0 heterocycles. The van der Waals surface area contributed by atoms with Crippen LogP contribution in [-0.2, 0) is 4.74 Å². The largest absolute Gasteiger partial charge is 0.383 e. The van der Waals surface area contributed by atoms with E-state index in [4.69, 9.17) is 4.74 Å². The van der Waals surface area contributed by atoms with Gasteiger partial charge in [-0.25, -0.2) is 0 Å². The first-order chi connectivity index (χ1) is 8.28. The van der Waals surface area contributed by atoms with Gasteiger partial charge >= 0.3 is 0 Å². The maximum Gasteiger partial charge on any atom is 0.0587 e. The first-order valence-corrected chi connectivity index (χ1v) is 7.47. The molecule has 0 fully saturated rings. The smallest absolute Gasteiger partial charge is 0.0587 e. The van der Waals surface area contributed by atoms with Crippen LogP contribution >= 0.6 is 0 Å². The summed E-state index contributed by atoms with van der Waals surface area (Å²) in [4.78, 5) is 0. The van der Waals surface area contributed by atoms with E-state index in [0.717, 1.165) is 31.5 Å². The van der Waals surface area contributed by atoms with Crippen LogP contribution in [0, 0.1) is 11.8 Å². The lowest BCUT2D eigenvalue weighted by Gasteiger charge is -2.22. The van der Waals surface area contributed by atoms with Gasteiger partial charge in [-0.05, 0) is 24.8 Å². The molecule has 0 aromatic heterocycles. The SMILES string of the molecule is CCCCC(CC)CC(CC)CNCCOC. The monoisotopic (exact) mass is 243 g/mol. The van der Waals surface area contributed by atoms with E-state index >= 15 is 0 Å². The predicted octanol–water partition coefficient (Wildman–Crippen LogP) is 3.86. The van der Waals surface area contributed by atoms with Crippen molar-refractivity contribution in [2.75, 3.05) is 26.8 Å². The van der Waals surface area contributed by atoms with Crippen molar-refractivity contribution in [1.29, 1.82) is 0 Å². The van der Waals surface area contributed by atoms with Crippen LogP contribution in [0.4, 0.5) is 0 Å². The highest BCUT2D eigenvalue weighted by atomic mass is 16.5. The summed E-state index contributed by atoms with van der Waals surface area (Å²) in [6.07, 6.45) is 8.18. The van der Waals surface area contributed by atoms with Gasteiger partial charge in [0.2, 0.25) is 0 Å². The molecule has 0 aromatic rings. The standard InChI is InChI=1S/C15H33NO/c1-5-8-9-14(6-2)12-15(7-3)13-16-10-11-17-4/h14-16H,5-13H2,1-4H3. The normalized spacial score (nSPS) is 14.8. The Hall–Kier alpha value is -0.0800. The molecule has 2 atom stereocenters. The van der Waals surface area contributed by atoms with Crippen LogP contribution in [0.15, 0.2) is 0 Å². The molecule has 0 rings (SSSR count). The van der Waals surface area contributed by atoms with Gasteiger partial charge in [0.1, 0.15) is 0 Å². The van der Waals surface area contributed by atoms with Gasteiger partial charge in [0.15, 0.2) is 0 Å². The summed E-state index contributed by atoms with van der Waals surface area (Å²) in [6.45, 7) is 9.90. The van der Waals surface area contributed by atoms with Crippen molar-refractivity contribution in [3.8, 4) is 0 Å². The molecule has 0 aliphatic carbocycles. The van der Waals surface area contributed by atoms with Crippen LogP contribution in [0.5, 0.6) is 0 Å². The molecule has 0 amide bonds. The van der Waals surface area contributed by atoms with Crippen molar-refractivity contribution in [3.63, 3.8) is 0 Å². The van der Waals surface area contributed by atoms with E-state index in [2.05, 4.69) is 26.1 Å². The molecule has 17 heavy (non-hydrogen) atoms. The highest BCUT2D eigenvalue weighted by Crippen LogP contribution is 2.23. The minimum atomic E-state index is 0.823. The van der Waals surface area contributed by atoms with E-state index in [0.29, 0.717) is 0 Å². The fourth-order valence-electron chi connectivity index (χ4n) is 2.33. The Kier molecular flexibility index (Phi) is 12.3. The molecule has 0 aromatic carbocycles. The van der Waals surface area contributed by atoms with Gasteiger partial charge in [-0.3, -0.25) is 0 Å². The van der Waals surface area contributed by atoms with Crippen LogP contribution in [0.25, 0.3) is 0 Å². The molecule has 0 saturated heterocycles. The van der Waals surface area contributed by atoms with Crippen LogP contribution in [0.2, 0.25) is 0 Å². The fourth-order valence-corrected chi connectivity index (χ4v) is 2.33. The Bertz CT molecular complexity index is 150. The molecule has 0 saturated carbocycles. The van der Waals surface area contributed by atoms with Gasteiger partial charge in [-0.1, -0.05) is 52.9 Å². The second-order valence-electron chi connectivity index (χ2n) is 5.12. The summed E-state index contributed by atoms with van der Waals surface area (Å²) in [5.74, 6) is 1.78. The predicted molar refractivity (Wildman–Crippen MR) is 76.4 cm³/mol. The number of methoxy groups -OCH3 is 1. The molecular weight excluding hydrogens is 210 g/mol. The van der Waals surface area contributed by atoms with Crippen molar-refractivity contribution in [2.24, 2.45) is 11.8 Å². The third-order valence-electron chi connectivity index (χ3n) is 3.70. The molecule has 0 spiro atoms. The van der Waals surface area contributed by atoms with Gasteiger partial charge in [-0.2, -0.15) is 0 Å². The molecule has 0 aliphatic rings. The van der Waals surface area contributed by atoms with E-state index in [1.807, 2.05) is 0 Å². The lowest BCUT2D eigenvalue weighted by molar-refractivity contribution is 0.196. The number of ether oxygens (including phenoxy) is 1. The quantitative estimate of drug-likeness (QED) is 0.526. The second kappa shape index (κ2) is 12.4. The molecule has 1 N–H and O–H groups in total. The maximum atomic E-state index is 5.05. The zero-order chi connectivity index (χ0) is 12.9. The minimum absolute atomic E-state index is 0.823. The van der Waals surface area contributed by atoms with Crippen LogP contribution in [0.3, 0.4) is 0 Å². The molecule has 0 bridgehead atoms. The highest BCUT2D eigenvalue weighted by molar-refractivity contribution is 4.67. The highest BCUT2D eigenvalue weighted by Gasteiger charge is 2.13. The van der Waals surface area contributed by atoms with E-state index < -0.39 is 0 Å². The second-order valence-corrected chi connectivity index (χ2v) is 5.12. The molecule has 2 heteroatoms. The third kappa shape index (κ3) is 9.61. The Morgan fingerprint density at radius 1 is 1.06 bits per heavy atom. The van der Waals surface area contributed by atoms with E-state index in [9.17, 15) is 0 Å². The molecule has 0 radical (unpaired) electrons. The number of hydrogen-bond acceptors (Lipinski definition) is 2.